The second-order valence-electron chi connectivity index (χ2n) is 6.70. The smallest absolute Gasteiger partial charge is 0.137 e. The molecule has 0 bridgehead atoms. The van der Waals surface area contributed by atoms with Gasteiger partial charge in [0.05, 0.1) is 11.6 Å². The first-order valence-electron chi connectivity index (χ1n) is 9.12. The van der Waals surface area contributed by atoms with Crippen LogP contribution in [-0.4, -0.2) is 24.7 Å². The van der Waals surface area contributed by atoms with Crippen LogP contribution >= 0.6 is 23.2 Å². The molecule has 1 aliphatic rings. The van der Waals surface area contributed by atoms with E-state index in [0.717, 1.165) is 38.8 Å². The van der Waals surface area contributed by atoms with Crippen LogP contribution in [0.5, 0.6) is 5.75 Å². The lowest BCUT2D eigenvalue weighted by Crippen LogP contribution is -2.16. The summed E-state index contributed by atoms with van der Waals surface area (Å²) in [6.07, 6.45) is 4.08. The third kappa shape index (κ3) is 3.71. The van der Waals surface area contributed by atoms with E-state index in [0.29, 0.717) is 22.4 Å². The number of benzene rings is 2. The monoisotopic (exact) mass is 388 g/mol. The number of halogens is 2. The second kappa shape index (κ2) is 7.91. The van der Waals surface area contributed by atoms with E-state index >= 15 is 0 Å². The van der Waals surface area contributed by atoms with Crippen LogP contribution in [0.4, 0.5) is 0 Å². The Labute approximate surface area is 163 Å². The molecule has 0 amide bonds. The molecule has 0 saturated heterocycles. The molecule has 0 atom stereocenters. The first-order valence-corrected chi connectivity index (χ1v) is 9.88. The Bertz CT molecular complexity index is 920. The minimum Gasteiger partial charge on any atom is -0.492 e. The maximum absolute atomic E-state index is 6.16. The van der Waals surface area contributed by atoms with Crippen LogP contribution in [0, 0.1) is 0 Å². The highest BCUT2D eigenvalue weighted by atomic mass is 35.5. The molecule has 0 aliphatic carbocycles. The van der Waals surface area contributed by atoms with Gasteiger partial charge in [0.25, 0.3) is 0 Å². The van der Waals surface area contributed by atoms with Gasteiger partial charge in [-0.2, -0.15) is 0 Å². The number of aryl methyl sites for hydroxylation is 1. The highest BCUT2D eigenvalue weighted by Crippen LogP contribution is 2.30. The minimum absolute atomic E-state index is 0.558. The lowest BCUT2D eigenvalue weighted by molar-refractivity contribution is 0.311. The summed E-state index contributed by atoms with van der Waals surface area (Å²) in [6.45, 7) is 2.73. The van der Waals surface area contributed by atoms with Gasteiger partial charge in [-0.1, -0.05) is 35.3 Å². The Kier molecular flexibility index (Phi) is 5.39. The lowest BCUT2D eigenvalue weighted by atomic mass is 9.99. The largest absolute Gasteiger partial charge is 0.492 e. The quantitative estimate of drug-likeness (QED) is 0.591. The SMILES string of the molecule is Clc1ccc(OCCCc2cccc3[nH]c4c(c23)CCNCC4)c(Cl)c1. The number of ether oxygens (including phenoxy) is 1. The van der Waals surface area contributed by atoms with Crippen LogP contribution in [-0.2, 0) is 19.3 Å². The number of hydrogen-bond donors (Lipinski definition) is 2. The Morgan fingerprint density at radius 1 is 1.04 bits per heavy atom. The minimum atomic E-state index is 0.558. The standard InChI is InChI=1S/C21H22Cl2N2O/c22-15-6-7-20(17(23)13-15)26-12-2-4-14-3-1-5-19-21(14)16-8-10-24-11-9-18(16)25-19/h1,3,5-7,13,24-25H,2,4,8-12H2. The van der Waals surface area contributed by atoms with E-state index in [1.165, 1.54) is 27.7 Å². The number of hydrogen-bond acceptors (Lipinski definition) is 2. The third-order valence-electron chi connectivity index (χ3n) is 4.95. The van der Waals surface area contributed by atoms with Gasteiger partial charge >= 0.3 is 0 Å². The molecule has 5 heteroatoms. The fourth-order valence-electron chi connectivity index (χ4n) is 3.74. The van der Waals surface area contributed by atoms with Crippen molar-refractivity contribution in [2.24, 2.45) is 0 Å². The molecular weight excluding hydrogens is 367 g/mol. The molecule has 3 nitrogen and oxygen atoms in total. The number of rotatable bonds is 5. The summed E-state index contributed by atoms with van der Waals surface area (Å²) in [4.78, 5) is 3.62. The van der Waals surface area contributed by atoms with Crippen LogP contribution in [0.15, 0.2) is 36.4 Å². The highest BCUT2D eigenvalue weighted by Gasteiger charge is 2.16. The number of aromatic nitrogens is 1. The summed E-state index contributed by atoms with van der Waals surface area (Å²) in [6, 6.07) is 11.9. The van der Waals surface area contributed by atoms with Gasteiger partial charge in [0.2, 0.25) is 0 Å². The zero-order chi connectivity index (χ0) is 17.9. The van der Waals surface area contributed by atoms with Crippen molar-refractivity contribution in [1.29, 1.82) is 0 Å². The maximum atomic E-state index is 6.16. The van der Waals surface area contributed by atoms with Gasteiger partial charge in [0, 0.05) is 34.6 Å². The van der Waals surface area contributed by atoms with Crippen molar-refractivity contribution in [3.63, 3.8) is 0 Å². The zero-order valence-electron chi connectivity index (χ0n) is 14.6. The van der Waals surface area contributed by atoms with Crippen LogP contribution < -0.4 is 10.1 Å². The van der Waals surface area contributed by atoms with Crippen LogP contribution in [0.2, 0.25) is 10.0 Å². The van der Waals surface area contributed by atoms with E-state index in [9.17, 15) is 0 Å². The van der Waals surface area contributed by atoms with Crippen molar-refractivity contribution in [2.75, 3.05) is 19.7 Å². The summed E-state index contributed by atoms with van der Waals surface area (Å²) >= 11 is 12.1. The highest BCUT2D eigenvalue weighted by molar-refractivity contribution is 6.35. The molecule has 2 N–H and O–H groups in total. The van der Waals surface area contributed by atoms with E-state index in [4.69, 9.17) is 27.9 Å². The number of aromatic amines is 1. The van der Waals surface area contributed by atoms with Crippen LogP contribution in [0.25, 0.3) is 10.9 Å². The molecule has 0 spiro atoms. The Morgan fingerprint density at radius 3 is 2.81 bits per heavy atom. The van der Waals surface area contributed by atoms with Crippen molar-refractivity contribution in [3.8, 4) is 5.75 Å². The molecular formula is C21H22Cl2N2O. The van der Waals surface area contributed by atoms with E-state index in [1.807, 2.05) is 6.07 Å². The van der Waals surface area contributed by atoms with Gasteiger partial charge in [-0.15, -0.1) is 0 Å². The Balaban J connectivity index is 1.46. The van der Waals surface area contributed by atoms with Gasteiger partial charge in [-0.3, -0.25) is 0 Å². The number of H-pyrrole nitrogens is 1. The van der Waals surface area contributed by atoms with Crippen molar-refractivity contribution in [2.45, 2.75) is 25.7 Å². The average Bonchev–Trinajstić information content (AvgIpc) is 2.82. The number of nitrogens with one attached hydrogen (secondary N) is 2. The van der Waals surface area contributed by atoms with Gasteiger partial charge in [0.1, 0.15) is 5.75 Å². The summed E-state index contributed by atoms with van der Waals surface area (Å²) in [5.41, 5.74) is 5.53. The van der Waals surface area contributed by atoms with Crippen molar-refractivity contribution in [3.05, 3.63) is 63.3 Å². The van der Waals surface area contributed by atoms with Gasteiger partial charge in [-0.25, -0.2) is 0 Å². The molecule has 3 aromatic rings. The summed E-state index contributed by atoms with van der Waals surface area (Å²) in [5, 5.41) is 6.08. The fraction of sp³-hybridized carbons (Fsp3) is 0.333. The second-order valence-corrected chi connectivity index (χ2v) is 7.54. The maximum Gasteiger partial charge on any atom is 0.137 e. The molecule has 0 saturated carbocycles. The van der Waals surface area contributed by atoms with Gasteiger partial charge in [0.15, 0.2) is 0 Å². The normalized spacial score (nSPS) is 14.2. The van der Waals surface area contributed by atoms with Crippen LogP contribution in [0.3, 0.4) is 0 Å². The summed E-state index contributed by atoms with van der Waals surface area (Å²) < 4.78 is 5.83. The third-order valence-corrected chi connectivity index (χ3v) is 5.48. The molecule has 1 aliphatic heterocycles. The van der Waals surface area contributed by atoms with E-state index in [-0.39, 0.29) is 0 Å². The molecule has 0 unspecified atom stereocenters. The number of fused-ring (bicyclic) bond motifs is 3. The first-order chi connectivity index (χ1) is 12.7. The molecule has 4 rings (SSSR count). The molecule has 1 aromatic heterocycles. The van der Waals surface area contributed by atoms with E-state index < -0.39 is 0 Å². The molecule has 0 radical (unpaired) electrons. The van der Waals surface area contributed by atoms with Crippen molar-refractivity contribution in [1.82, 2.24) is 10.3 Å². The fourth-order valence-corrected chi connectivity index (χ4v) is 4.20. The molecule has 0 fully saturated rings. The molecule has 136 valence electrons. The topological polar surface area (TPSA) is 37.0 Å². The van der Waals surface area contributed by atoms with Gasteiger partial charge in [-0.05, 0) is 61.2 Å². The van der Waals surface area contributed by atoms with E-state index in [2.05, 4.69) is 28.5 Å². The van der Waals surface area contributed by atoms with Gasteiger partial charge < -0.3 is 15.0 Å². The predicted octanol–water partition coefficient (Wildman–Crippen LogP) is 5.17. The molecule has 2 aromatic carbocycles. The summed E-state index contributed by atoms with van der Waals surface area (Å²) in [5.74, 6) is 0.691. The van der Waals surface area contributed by atoms with Crippen molar-refractivity contribution < 1.29 is 4.74 Å². The average molecular weight is 389 g/mol. The molecule has 2 heterocycles. The predicted molar refractivity (Wildman–Crippen MR) is 109 cm³/mol. The Hall–Kier alpha value is -1.68. The molecule has 26 heavy (non-hydrogen) atoms. The van der Waals surface area contributed by atoms with Crippen LogP contribution in [0.1, 0.15) is 23.2 Å². The zero-order valence-corrected chi connectivity index (χ0v) is 16.1. The van der Waals surface area contributed by atoms with Crippen molar-refractivity contribution >= 4 is 34.1 Å². The Morgan fingerprint density at radius 2 is 1.92 bits per heavy atom. The van der Waals surface area contributed by atoms with E-state index in [1.54, 1.807) is 12.1 Å². The first kappa shape index (κ1) is 17.7. The lowest BCUT2D eigenvalue weighted by Gasteiger charge is -2.09. The summed E-state index contributed by atoms with van der Waals surface area (Å²) in [7, 11) is 0.